The van der Waals surface area contributed by atoms with Crippen LogP contribution in [-0.4, -0.2) is 84.8 Å². The van der Waals surface area contributed by atoms with Crippen molar-refractivity contribution in [3.63, 3.8) is 0 Å². The van der Waals surface area contributed by atoms with Crippen LogP contribution in [0.15, 0.2) is 42.9 Å². The first kappa shape index (κ1) is 29.4. The summed E-state index contributed by atoms with van der Waals surface area (Å²) in [7, 11) is 0. The van der Waals surface area contributed by atoms with E-state index < -0.39 is 12.5 Å². The van der Waals surface area contributed by atoms with Crippen LogP contribution in [0.25, 0.3) is 16.9 Å². The smallest absolute Gasteiger partial charge is 0.387 e. The molecule has 3 aromatic heterocycles. The molecule has 3 fully saturated rings. The number of nitrogen functional groups attached to an aromatic ring is 1. The maximum atomic E-state index is 13.5. The Morgan fingerprint density at radius 1 is 1.16 bits per heavy atom. The average Bonchev–Trinajstić information content (AvgIpc) is 3.29. The molecule has 1 saturated carbocycles. The predicted molar refractivity (Wildman–Crippen MR) is 162 cm³/mol. The summed E-state index contributed by atoms with van der Waals surface area (Å²) in [6.45, 7) is 0.370. The second kappa shape index (κ2) is 11.6. The Hall–Kier alpha value is -4.30. The number of amides is 2. The molecule has 0 bridgehead atoms. The van der Waals surface area contributed by atoms with Gasteiger partial charge in [0.1, 0.15) is 23.6 Å². The van der Waals surface area contributed by atoms with E-state index in [1.165, 1.54) is 65.6 Å². The minimum absolute atomic E-state index is 0.0222. The van der Waals surface area contributed by atoms with Crippen LogP contribution in [0, 0.1) is 5.41 Å². The molecule has 2 amide bonds. The summed E-state index contributed by atoms with van der Waals surface area (Å²) in [5.74, 6) is -1.03. The van der Waals surface area contributed by atoms with Crippen LogP contribution in [0.4, 0.5) is 20.3 Å². The van der Waals surface area contributed by atoms with Gasteiger partial charge < -0.3 is 20.7 Å². The van der Waals surface area contributed by atoms with Crippen molar-refractivity contribution < 1.29 is 23.1 Å². The lowest BCUT2D eigenvalue weighted by Gasteiger charge is -2.37. The van der Waals surface area contributed by atoms with Crippen molar-refractivity contribution in [2.45, 2.75) is 51.3 Å². The second-order valence-electron chi connectivity index (χ2n) is 12.0. The molecule has 236 valence electrons. The quantitative estimate of drug-likeness (QED) is 0.293. The topological polar surface area (TPSA) is 136 Å². The predicted octanol–water partition coefficient (Wildman–Crippen LogP) is 4.16. The number of carbonyl (C=O) groups is 2. The fourth-order valence-electron chi connectivity index (χ4n) is 6.57. The molecule has 0 atom stereocenters. The van der Waals surface area contributed by atoms with Crippen LogP contribution in [0.5, 0.6) is 5.75 Å². The number of rotatable bonds is 8. The molecule has 7 rings (SSSR count). The van der Waals surface area contributed by atoms with E-state index in [0.717, 1.165) is 19.4 Å². The van der Waals surface area contributed by atoms with Crippen molar-refractivity contribution in [2.24, 2.45) is 5.41 Å². The number of likely N-dealkylation sites (tertiary alicyclic amines) is 2. The van der Waals surface area contributed by atoms with Gasteiger partial charge in [0.05, 0.1) is 5.69 Å². The monoisotopic (exact) mass is 639 g/mol. The van der Waals surface area contributed by atoms with Gasteiger partial charge >= 0.3 is 6.61 Å². The van der Waals surface area contributed by atoms with Gasteiger partial charge in [-0.25, -0.2) is 9.50 Å². The zero-order chi connectivity index (χ0) is 31.3. The zero-order valence-electron chi connectivity index (χ0n) is 24.3. The summed E-state index contributed by atoms with van der Waals surface area (Å²) in [5.41, 5.74) is 7.18. The van der Waals surface area contributed by atoms with Crippen molar-refractivity contribution in [2.75, 3.05) is 37.2 Å². The molecule has 1 aromatic carbocycles. The summed E-state index contributed by atoms with van der Waals surface area (Å²) in [5, 5.41) is 11.7. The number of hydrogen-bond donors (Lipinski definition) is 2. The number of anilines is 2. The number of ether oxygens (including phenoxy) is 1. The first-order chi connectivity index (χ1) is 21.7. The van der Waals surface area contributed by atoms with E-state index >= 15 is 0 Å². The van der Waals surface area contributed by atoms with E-state index in [2.05, 4.69) is 25.4 Å². The molecule has 1 aliphatic carbocycles. The highest BCUT2D eigenvalue weighted by Gasteiger charge is 2.49. The summed E-state index contributed by atoms with van der Waals surface area (Å²) in [6.07, 6.45) is 10.4. The van der Waals surface area contributed by atoms with Gasteiger partial charge in [0.15, 0.2) is 11.5 Å². The molecule has 2 saturated heterocycles. The van der Waals surface area contributed by atoms with Gasteiger partial charge in [0.2, 0.25) is 5.91 Å². The second-order valence-corrected chi connectivity index (χ2v) is 12.5. The van der Waals surface area contributed by atoms with Gasteiger partial charge in [0.25, 0.3) is 5.91 Å². The number of carbonyl (C=O) groups excluding carboxylic acids is 2. The third-order valence-electron chi connectivity index (χ3n) is 9.13. The number of hydrogen-bond acceptors (Lipinski definition) is 8. The molecule has 3 aliphatic rings. The van der Waals surface area contributed by atoms with Crippen LogP contribution in [0.2, 0.25) is 5.02 Å². The van der Waals surface area contributed by atoms with Crippen molar-refractivity contribution in [3.05, 3.63) is 53.4 Å². The van der Waals surface area contributed by atoms with Gasteiger partial charge in [0, 0.05) is 54.9 Å². The van der Waals surface area contributed by atoms with E-state index in [-0.39, 0.29) is 57.2 Å². The number of benzene rings is 1. The number of nitrogens with zero attached hydrogens (tertiary/aromatic N) is 7. The van der Waals surface area contributed by atoms with E-state index in [0.29, 0.717) is 24.5 Å². The molecular formula is C30H32ClF2N9O3. The molecule has 5 heterocycles. The highest BCUT2D eigenvalue weighted by Crippen LogP contribution is 2.53. The molecule has 2 aliphatic heterocycles. The molecule has 12 nitrogen and oxygen atoms in total. The largest absolute Gasteiger partial charge is 0.434 e. The number of alkyl halides is 2. The normalized spacial score (nSPS) is 18.3. The van der Waals surface area contributed by atoms with Crippen LogP contribution in [0.3, 0.4) is 0 Å². The Morgan fingerprint density at radius 3 is 2.69 bits per heavy atom. The molecule has 1 spiro atoms. The van der Waals surface area contributed by atoms with Gasteiger partial charge in [-0.3, -0.25) is 19.2 Å². The molecule has 4 aromatic rings. The lowest BCUT2D eigenvalue weighted by atomic mass is 10.0. The van der Waals surface area contributed by atoms with Crippen LogP contribution in [-0.2, 0) is 11.3 Å². The van der Waals surface area contributed by atoms with Crippen LogP contribution >= 0.6 is 11.6 Å². The minimum Gasteiger partial charge on any atom is -0.434 e. The van der Waals surface area contributed by atoms with Crippen molar-refractivity contribution in [3.8, 4) is 17.0 Å². The highest BCUT2D eigenvalue weighted by atomic mass is 35.5. The maximum Gasteiger partial charge on any atom is 0.387 e. The van der Waals surface area contributed by atoms with E-state index in [1.807, 2.05) is 4.90 Å². The summed E-state index contributed by atoms with van der Waals surface area (Å²) in [4.78, 5) is 35.6. The number of fused-ring (bicyclic) bond motifs is 1. The van der Waals surface area contributed by atoms with Crippen LogP contribution in [0.1, 0.15) is 42.5 Å². The number of nitrogens with one attached hydrogen (secondary N) is 1. The molecular weight excluding hydrogens is 608 g/mol. The molecule has 0 unspecified atom stereocenters. The molecule has 3 N–H and O–H groups in total. The fourth-order valence-corrected chi connectivity index (χ4v) is 6.74. The first-order valence-corrected chi connectivity index (χ1v) is 15.3. The zero-order valence-corrected chi connectivity index (χ0v) is 25.1. The average molecular weight is 640 g/mol. The van der Waals surface area contributed by atoms with E-state index in [1.54, 1.807) is 12.3 Å². The molecule has 0 radical (unpaired) electrons. The standard InChI is InChI=1S/C30H32ClF2N9O3/c31-18-2-3-22(45-29(32)33)20(14-18)25-21(36-28(44)24-26(34)38-42-10-1-9-35-27(24)42)15-41(37-25)16-23(43)39-11-4-19(5-12-39)40-13-8-30(17-40)6-7-30/h1-3,9-10,14-15,19,29H,4-8,11-13,16-17H2,(H2,34,38)(H,36,44). The molecule has 45 heavy (non-hydrogen) atoms. The van der Waals surface area contributed by atoms with E-state index in [9.17, 15) is 18.4 Å². The summed E-state index contributed by atoms with van der Waals surface area (Å²) in [6, 6.07) is 6.24. The minimum atomic E-state index is -3.12. The van der Waals surface area contributed by atoms with E-state index in [4.69, 9.17) is 22.1 Å². The lowest BCUT2D eigenvalue weighted by molar-refractivity contribution is -0.133. The van der Waals surface area contributed by atoms with Crippen molar-refractivity contribution >= 4 is 40.6 Å². The third-order valence-corrected chi connectivity index (χ3v) is 9.36. The Kier molecular flexibility index (Phi) is 7.56. The van der Waals surface area contributed by atoms with Gasteiger partial charge in [-0.15, -0.1) is 5.10 Å². The Labute approximate surface area is 262 Å². The number of piperidine rings is 1. The summed E-state index contributed by atoms with van der Waals surface area (Å²) >= 11 is 6.23. The van der Waals surface area contributed by atoms with Crippen molar-refractivity contribution in [1.29, 1.82) is 0 Å². The Balaban J connectivity index is 1.13. The Morgan fingerprint density at radius 2 is 1.96 bits per heavy atom. The lowest BCUT2D eigenvalue weighted by Crippen LogP contribution is -2.47. The first-order valence-electron chi connectivity index (χ1n) is 14.9. The van der Waals surface area contributed by atoms with Gasteiger partial charge in [-0.2, -0.15) is 13.9 Å². The number of aromatic nitrogens is 5. The highest BCUT2D eigenvalue weighted by molar-refractivity contribution is 6.31. The SMILES string of the molecule is Nc1nn2cccnc2c1C(=O)Nc1cn(CC(=O)N2CCC(N3CCC4(CC4)C3)CC2)nc1-c1cc(Cl)ccc1OC(F)F. The van der Waals surface area contributed by atoms with Gasteiger partial charge in [-0.1, -0.05) is 11.6 Å². The van der Waals surface area contributed by atoms with Crippen LogP contribution < -0.4 is 15.8 Å². The van der Waals surface area contributed by atoms with Gasteiger partial charge in [-0.05, 0) is 68.3 Å². The number of nitrogens with two attached hydrogens (primary N) is 1. The van der Waals surface area contributed by atoms with Crippen molar-refractivity contribution in [1.82, 2.24) is 34.2 Å². The number of halogens is 3. The maximum absolute atomic E-state index is 13.5. The third kappa shape index (κ3) is 5.91. The Bertz CT molecular complexity index is 1760. The fraction of sp³-hybridized carbons (Fsp3) is 0.433. The summed E-state index contributed by atoms with van der Waals surface area (Å²) < 4.78 is 34.1. The molecule has 15 heteroatoms.